The number of nitrogens with one attached hydrogen (secondary N) is 1. The Kier molecular flexibility index (Phi) is 5.86. The molecule has 1 aromatic heterocycles. The molecule has 1 atom stereocenters. The topological polar surface area (TPSA) is 97.7 Å². The van der Waals surface area contributed by atoms with Crippen LogP contribution in [0.5, 0.6) is 5.75 Å². The Morgan fingerprint density at radius 2 is 1.89 bits per heavy atom. The van der Waals surface area contributed by atoms with Crippen molar-refractivity contribution in [2.75, 3.05) is 16.2 Å². The molecule has 0 bridgehead atoms. The number of thiazole rings is 1. The van der Waals surface area contributed by atoms with Gasteiger partial charge in [0.2, 0.25) is 0 Å². The Bertz CT molecular complexity index is 1590. The number of amides is 1. The number of aryl methyl sites for hydroxylation is 2. The van der Waals surface area contributed by atoms with Gasteiger partial charge in [0.05, 0.1) is 27.3 Å². The van der Waals surface area contributed by atoms with Crippen molar-refractivity contribution < 1.29 is 17.9 Å². The lowest BCUT2D eigenvalue weighted by Gasteiger charge is -2.35. The van der Waals surface area contributed by atoms with Crippen LogP contribution in [-0.2, 0) is 21.4 Å². The number of sulfonamides is 1. The number of hydrogen-bond acceptors (Lipinski definition) is 6. The van der Waals surface area contributed by atoms with Gasteiger partial charge in [-0.25, -0.2) is 8.42 Å². The molecule has 35 heavy (non-hydrogen) atoms. The maximum absolute atomic E-state index is 13.5. The Balaban J connectivity index is 1.47. The second-order valence-corrected chi connectivity index (χ2v) is 11.1. The fourth-order valence-electron chi connectivity index (χ4n) is 4.11. The molecule has 0 saturated carbocycles. The first kappa shape index (κ1) is 23.1. The van der Waals surface area contributed by atoms with E-state index in [2.05, 4.69) is 5.32 Å². The quantitative estimate of drug-likeness (QED) is 0.439. The van der Waals surface area contributed by atoms with Gasteiger partial charge < -0.3 is 10.1 Å². The van der Waals surface area contributed by atoms with Crippen molar-refractivity contribution >= 4 is 48.9 Å². The molecule has 5 rings (SSSR count). The lowest BCUT2D eigenvalue weighted by molar-refractivity contribution is -0.122. The second-order valence-electron chi connectivity index (χ2n) is 8.21. The predicted octanol–water partition coefficient (Wildman–Crippen LogP) is 3.99. The average Bonchev–Trinajstić information content (AvgIpc) is 3.17. The van der Waals surface area contributed by atoms with Crippen molar-refractivity contribution in [2.24, 2.45) is 0 Å². The minimum Gasteiger partial charge on any atom is -0.476 e. The van der Waals surface area contributed by atoms with Crippen molar-refractivity contribution in [3.05, 3.63) is 82.0 Å². The van der Waals surface area contributed by atoms with Gasteiger partial charge in [-0.15, -0.1) is 0 Å². The molecule has 4 aromatic rings. The van der Waals surface area contributed by atoms with E-state index in [0.717, 1.165) is 27.1 Å². The third-order valence-electron chi connectivity index (χ3n) is 5.86. The molecule has 0 spiro atoms. The number of ether oxygens (including phenoxy) is 1. The van der Waals surface area contributed by atoms with Crippen LogP contribution >= 0.6 is 11.3 Å². The molecule has 2 heterocycles. The molecule has 10 heteroatoms. The Morgan fingerprint density at radius 3 is 2.63 bits per heavy atom. The Labute approximate surface area is 206 Å². The van der Waals surface area contributed by atoms with Gasteiger partial charge in [-0.1, -0.05) is 35.6 Å². The van der Waals surface area contributed by atoms with E-state index in [1.807, 2.05) is 13.8 Å². The molecule has 0 radical (unpaired) electrons. The second kappa shape index (κ2) is 8.86. The highest BCUT2D eigenvalue weighted by Gasteiger charge is 2.37. The third-order valence-corrected chi connectivity index (χ3v) is 8.60. The molecule has 8 nitrogen and oxygen atoms in total. The smallest absolute Gasteiger partial charge is 0.308 e. The first-order valence-corrected chi connectivity index (χ1v) is 13.3. The molecule has 1 amide bonds. The van der Waals surface area contributed by atoms with Crippen molar-refractivity contribution in [3.63, 3.8) is 0 Å². The van der Waals surface area contributed by atoms with Gasteiger partial charge in [-0.2, -0.15) is 0 Å². The van der Waals surface area contributed by atoms with E-state index in [0.29, 0.717) is 23.7 Å². The summed E-state index contributed by atoms with van der Waals surface area (Å²) in [4.78, 5) is 25.4. The zero-order chi connectivity index (χ0) is 24.7. The normalized spacial score (nSPS) is 15.5. The minimum atomic E-state index is -3.92. The van der Waals surface area contributed by atoms with Crippen LogP contribution in [0.3, 0.4) is 0 Å². The fraction of sp³-hybridized carbons (Fsp3) is 0.200. The van der Waals surface area contributed by atoms with Crippen LogP contribution in [0.1, 0.15) is 12.5 Å². The van der Waals surface area contributed by atoms with Gasteiger partial charge in [0, 0.05) is 12.2 Å². The minimum absolute atomic E-state index is 0.0599. The Hall–Kier alpha value is -3.63. The lowest BCUT2D eigenvalue weighted by atomic mass is 10.1. The molecule has 0 saturated heterocycles. The SMILES string of the molecule is CCn1c(=O)sc2cc(NC(=O)C3CN(S(=O)(=O)c4ccccc4)c4ccc(C)cc4O3)ccc21. The first-order chi connectivity index (χ1) is 16.8. The van der Waals surface area contributed by atoms with E-state index in [1.54, 1.807) is 59.2 Å². The molecule has 1 aliphatic heterocycles. The maximum atomic E-state index is 13.5. The zero-order valence-corrected chi connectivity index (χ0v) is 20.7. The summed E-state index contributed by atoms with van der Waals surface area (Å²) < 4.78 is 36.6. The summed E-state index contributed by atoms with van der Waals surface area (Å²) >= 11 is 1.11. The molecule has 1 N–H and O–H groups in total. The number of nitrogens with zero attached hydrogens (tertiary/aromatic N) is 2. The summed E-state index contributed by atoms with van der Waals surface area (Å²) in [5.74, 6) is -0.156. The van der Waals surface area contributed by atoms with E-state index in [9.17, 15) is 18.0 Å². The molecular formula is C25H23N3O5S2. The largest absolute Gasteiger partial charge is 0.476 e. The van der Waals surface area contributed by atoms with E-state index < -0.39 is 22.0 Å². The third kappa shape index (κ3) is 4.19. The highest BCUT2D eigenvalue weighted by Crippen LogP contribution is 2.38. The van der Waals surface area contributed by atoms with Crippen molar-refractivity contribution in [3.8, 4) is 5.75 Å². The van der Waals surface area contributed by atoms with Gasteiger partial charge in [-0.05, 0) is 61.9 Å². The van der Waals surface area contributed by atoms with Crippen LogP contribution in [0.4, 0.5) is 11.4 Å². The summed E-state index contributed by atoms with van der Waals surface area (Å²) in [6.07, 6.45) is -1.07. The van der Waals surface area contributed by atoms with Gasteiger partial charge in [0.25, 0.3) is 15.9 Å². The predicted molar refractivity (Wildman–Crippen MR) is 137 cm³/mol. The first-order valence-electron chi connectivity index (χ1n) is 11.1. The summed E-state index contributed by atoms with van der Waals surface area (Å²) in [6.45, 7) is 4.15. The van der Waals surface area contributed by atoms with E-state index in [1.165, 1.54) is 16.4 Å². The highest BCUT2D eigenvalue weighted by atomic mass is 32.2. The van der Waals surface area contributed by atoms with Crippen LogP contribution in [-0.4, -0.2) is 31.5 Å². The number of carbonyl (C=O) groups is 1. The number of benzene rings is 3. The number of aromatic nitrogens is 1. The van der Waals surface area contributed by atoms with Gasteiger partial charge >= 0.3 is 4.87 Å². The standard InChI is InChI=1S/C25H23N3O5S2/c1-3-27-20-12-10-17(14-23(20)34-25(27)30)26-24(29)22-15-28(19-11-9-16(2)13-21(19)33-22)35(31,32)18-7-5-4-6-8-18/h4-14,22H,3,15H2,1-2H3,(H,26,29). The van der Waals surface area contributed by atoms with Crippen molar-refractivity contribution in [1.82, 2.24) is 4.57 Å². The lowest BCUT2D eigenvalue weighted by Crippen LogP contribution is -2.48. The van der Waals surface area contributed by atoms with Crippen LogP contribution in [0.2, 0.25) is 0 Å². The van der Waals surface area contributed by atoms with E-state index in [4.69, 9.17) is 4.74 Å². The monoisotopic (exact) mass is 509 g/mol. The number of anilines is 2. The van der Waals surface area contributed by atoms with E-state index >= 15 is 0 Å². The number of carbonyl (C=O) groups excluding carboxylic acids is 1. The maximum Gasteiger partial charge on any atom is 0.308 e. The summed E-state index contributed by atoms with van der Waals surface area (Å²) in [6, 6.07) is 18.6. The fourth-order valence-corrected chi connectivity index (χ4v) is 6.60. The van der Waals surface area contributed by atoms with Crippen molar-refractivity contribution in [1.29, 1.82) is 0 Å². The zero-order valence-electron chi connectivity index (χ0n) is 19.1. The molecule has 180 valence electrons. The van der Waals surface area contributed by atoms with Crippen LogP contribution in [0, 0.1) is 6.92 Å². The van der Waals surface area contributed by atoms with Gasteiger partial charge in [-0.3, -0.25) is 18.5 Å². The molecule has 0 fully saturated rings. The Morgan fingerprint density at radius 1 is 1.11 bits per heavy atom. The molecule has 0 aliphatic carbocycles. The summed E-state index contributed by atoms with van der Waals surface area (Å²) in [5.41, 5.74) is 2.57. The number of rotatable bonds is 5. The summed E-state index contributed by atoms with van der Waals surface area (Å²) in [5, 5.41) is 2.82. The number of fused-ring (bicyclic) bond motifs is 2. The number of hydrogen-bond donors (Lipinski definition) is 1. The molecule has 3 aromatic carbocycles. The van der Waals surface area contributed by atoms with Crippen LogP contribution in [0.15, 0.2) is 76.4 Å². The molecule has 1 aliphatic rings. The summed E-state index contributed by atoms with van der Waals surface area (Å²) in [7, 11) is -3.92. The van der Waals surface area contributed by atoms with E-state index in [-0.39, 0.29) is 16.3 Å². The van der Waals surface area contributed by atoms with Crippen LogP contribution < -0.4 is 19.2 Å². The van der Waals surface area contributed by atoms with Gasteiger partial charge in [0.15, 0.2) is 6.10 Å². The van der Waals surface area contributed by atoms with Gasteiger partial charge in [0.1, 0.15) is 5.75 Å². The van der Waals surface area contributed by atoms with Crippen molar-refractivity contribution in [2.45, 2.75) is 31.4 Å². The average molecular weight is 510 g/mol. The molecule has 1 unspecified atom stereocenters. The molecular weight excluding hydrogens is 486 g/mol. The van der Waals surface area contributed by atoms with Crippen LogP contribution in [0.25, 0.3) is 10.2 Å². The highest BCUT2D eigenvalue weighted by molar-refractivity contribution is 7.92.